The highest BCUT2D eigenvalue weighted by Crippen LogP contribution is 2.00. The lowest BCUT2D eigenvalue weighted by molar-refractivity contribution is 0.256. The van der Waals surface area contributed by atoms with E-state index in [1.165, 1.54) is 12.8 Å². The summed E-state index contributed by atoms with van der Waals surface area (Å²) in [7, 11) is 0. The van der Waals surface area contributed by atoms with E-state index >= 15 is 0 Å². The average molecular weight is 206 g/mol. The fourth-order valence-electron chi connectivity index (χ4n) is 1.05. The van der Waals surface area contributed by atoms with Gasteiger partial charge in [0.2, 0.25) is 0 Å². The quantitative estimate of drug-likeness (QED) is 0.223. The van der Waals surface area contributed by atoms with Gasteiger partial charge in [0, 0.05) is 0 Å². The second kappa shape index (κ2) is 12.8. The van der Waals surface area contributed by atoms with E-state index < -0.39 is 0 Å². The molecule has 0 aromatic heterocycles. The van der Waals surface area contributed by atoms with Crippen molar-refractivity contribution >= 4 is 0 Å². The highest BCUT2D eigenvalue weighted by atomic mass is 16.5. The molecule has 0 N–H and O–H groups in total. The zero-order valence-electron chi connectivity index (χ0n) is 9.53. The topological polar surface area (TPSA) is 9.23 Å². The number of ether oxygens (including phenoxy) is 1. The average Bonchev–Trinajstić information content (AvgIpc) is 2.26. The first-order chi connectivity index (χ1) is 7.41. The smallest absolute Gasteiger partial charge is 0.0907 e. The van der Waals surface area contributed by atoms with Crippen LogP contribution in [0.3, 0.4) is 0 Å². The van der Waals surface area contributed by atoms with Gasteiger partial charge in [-0.25, -0.2) is 0 Å². The Morgan fingerprint density at radius 1 is 0.867 bits per heavy atom. The molecule has 0 radical (unpaired) electrons. The fraction of sp³-hybridized carbons (Fsp3) is 0.429. The summed E-state index contributed by atoms with van der Waals surface area (Å²) in [5.41, 5.74) is 0. The molecule has 0 aliphatic heterocycles. The van der Waals surface area contributed by atoms with Crippen molar-refractivity contribution in [3.63, 3.8) is 0 Å². The Kier molecular flexibility index (Phi) is 11.7. The highest BCUT2D eigenvalue weighted by Gasteiger charge is 1.81. The molecule has 0 heterocycles. The summed E-state index contributed by atoms with van der Waals surface area (Å²) in [4.78, 5) is 0. The van der Waals surface area contributed by atoms with Gasteiger partial charge in [0.15, 0.2) is 0 Å². The predicted octanol–water partition coefficient (Wildman–Crippen LogP) is 4.40. The maximum absolute atomic E-state index is 5.20. The second-order valence-electron chi connectivity index (χ2n) is 3.28. The van der Waals surface area contributed by atoms with Crippen LogP contribution in [0.2, 0.25) is 0 Å². The summed E-state index contributed by atoms with van der Waals surface area (Å²) in [6, 6.07) is 0. The summed E-state index contributed by atoms with van der Waals surface area (Å²) >= 11 is 0. The number of hydrogen-bond donors (Lipinski definition) is 0. The summed E-state index contributed by atoms with van der Waals surface area (Å²) in [5, 5.41) is 0. The fourth-order valence-corrected chi connectivity index (χ4v) is 1.05. The summed E-state index contributed by atoms with van der Waals surface area (Å²) in [6.45, 7) is 8.02. The molecule has 15 heavy (non-hydrogen) atoms. The molecule has 0 rings (SSSR count). The van der Waals surface area contributed by atoms with Crippen LogP contribution in [0.4, 0.5) is 0 Å². The van der Waals surface area contributed by atoms with E-state index in [-0.39, 0.29) is 0 Å². The summed E-state index contributed by atoms with van der Waals surface area (Å²) in [6.07, 6.45) is 17.3. The summed E-state index contributed by atoms with van der Waals surface area (Å²) < 4.78 is 5.20. The Bertz CT molecular complexity index is 201. The van der Waals surface area contributed by atoms with Crippen LogP contribution in [0, 0.1) is 0 Å². The number of rotatable bonds is 10. The highest BCUT2D eigenvalue weighted by molar-refractivity contribution is 4.99. The van der Waals surface area contributed by atoms with Gasteiger partial charge in [0.05, 0.1) is 12.9 Å². The van der Waals surface area contributed by atoms with E-state index in [0.29, 0.717) is 6.61 Å². The van der Waals surface area contributed by atoms with Crippen molar-refractivity contribution in [2.45, 2.75) is 32.1 Å². The van der Waals surface area contributed by atoms with Gasteiger partial charge in [-0.2, -0.15) is 0 Å². The van der Waals surface area contributed by atoms with Gasteiger partial charge in [0.25, 0.3) is 0 Å². The Hall–Kier alpha value is -1.24. The van der Waals surface area contributed by atoms with Gasteiger partial charge in [-0.1, -0.05) is 24.3 Å². The molecule has 0 aliphatic rings. The van der Waals surface area contributed by atoms with E-state index in [1.54, 1.807) is 6.26 Å². The maximum atomic E-state index is 5.20. The van der Waals surface area contributed by atoms with Gasteiger partial charge < -0.3 is 4.74 Å². The van der Waals surface area contributed by atoms with E-state index in [1.807, 2.05) is 24.3 Å². The minimum atomic E-state index is 0.715. The van der Waals surface area contributed by atoms with Crippen LogP contribution in [0.5, 0.6) is 0 Å². The minimum absolute atomic E-state index is 0.715. The Morgan fingerprint density at radius 3 is 2.33 bits per heavy atom. The van der Waals surface area contributed by atoms with Crippen LogP contribution in [0.1, 0.15) is 32.1 Å². The van der Waals surface area contributed by atoms with Crippen LogP contribution in [0.25, 0.3) is 0 Å². The maximum Gasteiger partial charge on any atom is 0.0907 e. The van der Waals surface area contributed by atoms with E-state index in [0.717, 1.165) is 19.3 Å². The molecule has 1 heteroatoms. The molecule has 0 aromatic carbocycles. The Labute approximate surface area is 93.8 Å². The second-order valence-corrected chi connectivity index (χ2v) is 3.28. The lowest BCUT2D eigenvalue weighted by Gasteiger charge is -1.94. The molecule has 0 bridgehead atoms. The zero-order chi connectivity index (χ0) is 11.2. The van der Waals surface area contributed by atoms with E-state index in [4.69, 9.17) is 4.74 Å². The predicted molar refractivity (Wildman–Crippen MR) is 67.7 cm³/mol. The monoisotopic (exact) mass is 206 g/mol. The van der Waals surface area contributed by atoms with Gasteiger partial charge in [-0.15, -0.1) is 13.2 Å². The largest absolute Gasteiger partial charge is 0.501 e. The van der Waals surface area contributed by atoms with Crippen molar-refractivity contribution in [2.24, 2.45) is 0 Å². The van der Waals surface area contributed by atoms with Crippen molar-refractivity contribution in [3.8, 4) is 0 Å². The SMILES string of the molecule is C=CCCCC/C=C/C=C/OCCC=C. The van der Waals surface area contributed by atoms with Crippen LogP contribution in [0.15, 0.2) is 49.8 Å². The van der Waals surface area contributed by atoms with Crippen LogP contribution in [-0.4, -0.2) is 6.61 Å². The molecule has 0 aliphatic carbocycles. The molecule has 0 amide bonds. The minimum Gasteiger partial charge on any atom is -0.501 e. The first-order valence-electron chi connectivity index (χ1n) is 5.57. The molecule has 0 aromatic rings. The van der Waals surface area contributed by atoms with Gasteiger partial charge in [-0.3, -0.25) is 0 Å². The van der Waals surface area contributed by atoms with E-state index in [9.17, 15) is 0 Å². The molecule has 1 nitrogen and oxygen atoms in total. The van der Waals surface area contributed by atoms with Crippen molar-refractivity contribution < 1.29 is 4.74 Å². The van der Waals surface area contributed by atoms with Crippen LogP contribution >= 0.6 is 0 Å². The molecule has 0 saturated heterocycles. The molecule has 84 valence electrons. The lowest BCUT2D eigenvalue weighted by atomic mass is 10.2. The van der Waals surface area contributed by atoms with Crippen LogP contribution < -0.4 is 0 Å². The standard InChI is InChI=1S/C14H22O/c1-3-5-7-8-9-10-11-12-14-15-13-6-4-2/h3-4,10-12,14H,1-2,5-9,13H2/b11-10+,14-12+. The van der Waals surface area contributed by atoms with Gasteiger partial charge in [0.1, 0.15) is 0 Å². The third kappa shape index (κ3) is 12.8. The van der Waals surface area contributed by atoms with Gasteiger partial charge >= 0.3 is 0 Å². The molecule has 0 unspecified atom stereocenters. The molecular formula is C14H22O. The van der Waals surface area contributed by atoms with Crippen molar-refractivity contribution in [3.05, 3.63) is 49.8 Å². The molecule has 0 atom stereocenters. The summed E-state index contributed by atoms with van der Waals surface area (Å²) in [5.74, 6) is 0. The number of allylic oxidation sites excluding steroid dienone is 4. The Morgan fingerprint density at radius 2 is 1.60 bits per heavy atom. The lowest BCUT2D eigenvalue weighted by Crippen LogP contribution is -1.82. The first-order valence-corrected chi connectivity index (χ1v) is 5.57. The third-order valence-electron chi connectivity index (χ3n) is 1.89. The Balaban J connectivity index is 3.21. The first kappa shape index (κ1) is 13.8. The molecule has 0 saturated carbocycles. The molecule has 0 fully saturated rings. The number of hydrogen-bond acceptors (Lipinski definition) is 1. The van der Waals surface area contributed by atoms with E-state index in [2.05, 4.69) is 19.2 Å². The van der Waals surface area contributed by atoms with Gasteiger partial charge in [-0.05, 0) is 38.2 Å². The van der Waals surface area contributed by atoms with Crippen molar-refractivity contribution in [2.75, 3.05) is 6.61 Å². The zero-order valence-corrected chi connectivity index (χ0v) is 9.53. The van der Waals surface area contributed by atoms with Crippen molar-refractivity contribution in [1.82, 2.24) is 0 Å². The van der Waals surface area contributed by atoms with Crippen LogP contribution in [-0.2, 0) is 4.74 Å². The van der Waals surface area contributed by atoms with Crippen molar-refractivity contribution in [1.29, 1.82) is 0 Å². The number of unbranched alkanes of at least 4 members (excludes halogenated alkanes) is 3. The third-order valence-corrected chi connectivity index (χ3v) is 1.89. The molecular weight excluding hydrogens is 184 g/mol. The normalized spacial score (nSPS) is 10.9. The molecule has 0 spiro atoms.